The highest BCUT2D eigenvalue weighted by Gasteiger charge is 2.31. The maximum Gasteiger partial charge on any atom is 0.221 e. The summed E-state index contributed by atoms with van der Waals surface area (Å²) >= 11 is 0. The first-order valence-electron chi connectivity index (χ1n) is 5.21. The zero-order valence-electron chi connectivity index (χ0n) is 9.17. The lowest BCUT2D eigenvalue weighted by atomic mass is 9.70. The van der Waals surface area contributed by atoms with E-state index in [0.717, 1.165) is 18.3 Å². The summed E-state index contributed by atoms with van der Waals surface area (Å²) in [4.78, 5) is 4.31. The molecule has 2 rings (SSSR count). The Hall–Kier alpha value is -1.06. The minimum absolute atomic E-state index is 0.486. The molecule has 1 aliphatic carbocycles. The first kappa shape index (κ1) is 9.49. The summed E-state index contributed by atoms with van der Waals surface area (Å²) in [6.07, 6.45) is 4.03. The summed E-state index contributed by atoms with van der Waals surface area (Å²) in [5, 5.41) is 7.56. The number of aromatic nitrogens is 3. The summed E-state index contributed by atoms with van der Waals surface area (Å²) < 4.78 is 1.80. The van der Waals surface area contributed by atoms with Gasteiger partial charge in [-0.3, -0.25) is 0 Å². The predicted molar refractivity (Wildman–Crippen MR) is 56.2 cm³/mol. The van der Waals surface area contributed by atoms with Crippen molar-refractivity contribution in [2.75, 3.05) is 11.9 Å². The van der Waals surface area contributed by atoms with Crippen molar-refractivity contribution in [1.29, 1.82) is 0 Å². The van der Waals surface area contributed by atoms with E-state index in [1.807, 2.05) is 14.0 Å². The lowest BCUT2D eigenvalue weighted by molar-refractivity contribution is 0.179. The molecule has 14 heavy (non-hydrogen) atoms. The fourth-order valence-electron chi connectivity index (χ4n) is 1.92. The maximum atomic E-state index is 4.31. The van der Waals surface area contributed by atoms with Gasteiger partial charge < -0.3 is 5.32 Å². The second kappa shape index (κ2) is 3.26. The molecule has 4 nitrogen and oxygen atoms in total. The van der Waals surface area contributed by atoms with E-state index in [-0.39, 0.29) is 0 Å². The fourth-order valence-corrected chi connectivity index (χ4v) is 1.92. The third-order valence-electron chi connectivity index (χ3n) is 3.10. The van der Waals surface area contributed by atoms with Crippen LogP contribution in [0.4, 0.5) is 5.95 Å². The summed E-state index contributed by atoms with van der Waals surface area (Å²) in [5.74, 6) is 1.71. The third kappa shape index (κ3) is 1.74. The number of rotatable bonds is 3. The van der Waals surface area contributed by atoms with Crippen LogP contribution >= 0.6 is 0 Å². The van der Waals surface area contributed by atoms with Crippen LogP contribution in [0.15, 0.2) is 0 Å². The molecule has 1 aromatic heterocycles. The Morgan fingerprint density at radius 1 is 1.50 bits per heavy atom. The van der Waals surface area contributed by atoms with Crippen molar-refractivity contribution in [3.8, 4) is 0 Å². The topological polar surface area (TPSA) is 42.7 Å². The minimum atomic E-state index is 0.486. The monoisotopic (exact) mass is 194 g/mol. The van der Waals surface area contributed by atoms with E-state index in [9.17, 15) is 0 Å². The van der Waals surface area contributed by atoms with Gasteiger partial charge >= 0.3 is 0 Å². The van der Waals surface area contributed by atoms with Gasteiger partial charge in [-0.2, -0.15) is 10.1 Å². The number of anilines is 1. The Morgan fingerprint density at radius 3 is 2.64 bits per heavy atom. The molecule has 0 bridgehead atoms. The summed E-state index contributed by atoms with van der Waals surface area (Å²) in [6.45, 7) is 5.25. The number of nitrogens with one attached hydrogen (secondary N) is 1. The fraction of sp³-hybridized carbons (Fsp3) is 0.800. The van der Waals surface area contributed by atoms with Gasteiger partial charge in [-0.15, -0.1) is 0 Å². The van der Waals surface area contributed by atoms with E-state index >= 15 is 0 Å². The largest absolute Gasteiger partial charge is 0.354 e. The summed E-state index contributed by atoms with van der Waals surface area (Å²) in [5.41, 5.74) is 0.486. The number of hydrogen-bond donors (Lipinski definition) is 1. The van der Waals surface area contributed by atoms with Crippen molar-refractivity contribution in [3.05, 3.63) is 5.82 Å². The molecule has 0 aromatic carbocycles. The van der Waals surface area contributed by atoms with Crippen molar-refractivity contribution in [2.45, 2.75) is 33.1 Å². The van der Waals surface area contributed by atoms with E-state index < -0.39 is 0 Å². The predicted octanol–water partition coefficient (Wildman–Crippen LogP) is 1.73. The molecule has 1 heterocycles. The smallest absolute Gasteiger partial charge is 0.221 e. The lowest BCUT2D eigenvalue weighted by Crippen LogP contribution is -2.33. The lowest BCUT2D eigenvalue weighted by Gasteiger charge is -2.38. The van der Waals surface area contributed by atoms with Crippen molar-refractivity contribution in [1.82, 2.24) is 14.8 Å². The van der Waals surface area contributed by atoms with Gasteiger partial charge in [0.25, 0.3) is 0 Å². The number of aryl methyl sites for hydroxylation is 2. The molecule has 78 valence electrons. The first-order chi connectivity index (χ1) is 6.59. The molecule has 0 unspecified atom stereocenters. The highest BCUT2D eigenvalue weighted by atomic mass is 15.4. The highest BCUT2D eigenvalue weighted by molar-refractivity contribution is 5.25. The number of nitrogens with zero attached hydrogens (tertiary/aromatic N) is 3. The van der Waals surface area contributed by atoms with Gasteiger partial charge in [0.05, 0.1) is 0 Å². The Labute approximate surface area is 84.7 Å². The molecule has 1 fully saturated rings. The molecule has 4 heteroatoms. The van der Waals surface area contributed by atoms with Crippen molar-refractivity contribution < 1.29 is 0 Å². The van der Waals surface area contributed by atoms with Gasteiger partial charge in [-0.1, -0.05) is 13.3 Å². The van der Waals surface area contributed by atoms with Crippen molar-refractivity contribution in [3.63, 3.8) is 0 Å². The second-order valence-corrected chi connectivity index (χ2v) is 4.62. The number of hydrogen-bond acceptors (Lipinski definition) is 3. The standard InChI is InChI=1S/C10H18N4/c1-8-12-9(14(3)13-8)11-7-10(2)5-4-6-10/h4-7H2,1-3H3,(H,11,12,13). The summed E-state index contributed by atoms with van der Waals surface area (Å²) in [6, 6.07) is 0. The van der Waals surface area contributed by atoms with Gasteiger partial charge in [-0.05, 0) is 25.2 Å². The molecule has 1 N–H and O–H groups in total. The molecule has 1 saturated carbocycles. The average molecular weight is 194 g/mol. The third-order valence-corrected chi connectivity index (χ3v) is 3.10. The van der Waals surface area contributed by atoms with E-state index in [0.29, 0.717) is 5.41 Å². The van der Waals surface area contributed by atoms with Crippen LogP contribution < -0.4 is 5.32 Å². The quantitative estimate of drug-likeness (QED) is 0.796. The molecule has 0 atom stereocenters. The van der Waals surface area contributed by atoms with E-state index in [4.69, 9.17) is 0 Å². The Kier molecular flexibility index (Phi) is 2.21. The molecule has 0 saturated heterocycles. The normalized spacial score (nSPS) is 19.1. The van der Waals surface area contributed by atoms with E-state index in [1.165, 1.54) is 19.3 Å². The molecule has 0 amide bonds. The van der Waals surface area contributed by atoms with Crippen LogP contribution in [0.2, 0.25) is 0 Å². The molecule has 0 aliphatic heterocycles. The molecule has 0 spiro atoms. The average Bonchev–Trinajstić information content (AvgIpc) is 2.38. The van der Waals surface area contributed by atoms with Crippen LogP contribution in [0.1, 0.15) is 32.0 Å². The van der Waals surface area contributed by atoms with Crippen LogP contribution in [0, 0.1) is 12.3 Å². The van der Waals surface area contributed by atoms with Crippen LogP contribution in [0.3, 0.4) is 0 Å². The zero-order valence-corrected chi connectivity index (χ0v) is 9.17. The van der Waals surface area contributed by atoms with Crippen molar-refractivity contribution in [2.24, 2.45) is 12.5 Å². The van der Waals surface area contributed by atoms with Crippen molar-refractivity contribution >= 4 is 5.95 Å². The summed E-state index contributed by atoms with van der Waals surface area (Å²) in [7, 11) is 1.92. The maximum absolute atomic E-state index is 4.31. The van der Waals surface area contributed by atoms with Gasteiger partial charge in [0.2, 0.25) is 5.95 Å². The Morgan fingerprint density at radius 2 is 2.21 bits per heavy atom. The Bertz CT molecular complexity index is 325. The van der Waals surface area contributed by atoms with Gasteiger partial charge in [0, 0.05) is 13.6 Å². The molecular formula is C10H18N4. The van der Waals surface area contributed by atoms with Gasteiger partial charge in [-0.25, -0.2) is 4.68 Å². The van der Waals surface area contributed by atoms with Gasteiger partial charge in [0.1, 0.15) is 5.82 Å². The SMILES string of the molecule is Cc1nc(NCC2(C)CCC2)n(C)n1. The molecule has 1 aromatic rings. The molecule has 1 aliphatic rings. The molecule has 0 radical (unpaired) electrons. The zero-order chi connectivity index (χ0) is 10.2. The van der Waals surface area contributed by atoms with Gasteiger partial charge in [0.15, 0.2) is 0 Å². The van der Waals surface area contributed by atoms with Crippen LogP contribution in [-0.2, 0) is 7.05 Å². The molecular weight excluding hydrogens is 176 g/mol. The van der Waals surface area contributed by atoms with E-state index in [2.05, 4.69) is 22.3 Å². The van der Waals surface area contributed by atoms with Crippen LogP contribution in [0.25, 0.3) is 0 Å². The Balaban J connectivity index is 1.94. The first-order valence-corrected chi connectivity index (χ1v) is 5.21. The van der Waals surface area contributed by atoms with Crippen LogP contribution in [0.5, 0.6) is 0 Å². The van der Waals surface area contributed by atoms with E-state index in [1.54, 1.807) is 4.68 Å². The highest BCUT2D eigenvalue weighted by Crippen LogP contribution is 2.39. The van der Waals surface area contributed by atoms with Crippen LogP contribution in [-0.4, -0.2) is 21.3 Å². The second-order valence-electron chi connectivity index (χ2n) is 4.62. The minimum Gasteiger partial charge on any atom is -0.354 e.